The van der Waals surface area contributed by atoms with E-state index in [1.54, 1.807) is 6.07 Å². The summed E-state index contributed by atoms with van der Waals surface area (Å²) in [5.74, 6) is -0.425. The lowest BCUT2D eigenvalue weighted by molar-refractivity contribution is 0.100. The van der Waals surface area contributed by atoms with E-state index in [4.69, 9.17) is 5.73 Å². The van der Waals surface area contributed by atoms with Crippen LogP contribution in [-0.2, 0) is 6.54 Å². The quantitative estimate of drug-likeness (QED) is 0.341. The fraction of sp³-hybridized carbons (Fsp3) is 0.0333. The van der Waals surface area contributed by atoms with E-state index in [-0.39, 0.29) is 0 Å². The van der Waals surface area contributed by atoms with Crippen LogP contribution in [0.4, 0.5) is 0 Å². The third kappa shape index (κ3) is 3.26. The van der Waals surface area contributed by atoms with E-state index in [1.165, 1.54) is 16.3 Å². The van der Waals surface area contributed by atoms with Crippen molar-refractivity contribution in [3.63, 3.8) is 0 Å². The van der Waals surface area contributed by atoms with Gasteiger partial charge in [-0.3, -0.25) is 4.79 Å². The molecule has 1 heterocycles. The fourth-order valence-corrected chi connectivity index (χ4v) is 4.75. The van der Waals surface area contributed by atoms with Crippen LogP contribution in [0.15, 0.2) is 103 Å². The molecule has 0 aliphatic heterocycles. The monoisotopic (exact) mass is 425 g/mol. The van der Waals surface area contributed by atoms with Gasteiger partial charge in [-0.15, -0.1) is 0 Å². The number of rotatable bonds is 4. The van der Waals surface area contributed by atoms with E-state index in [9.17, 15) is 4.79 Å². The topological polar surface area (TPSA) is 48.0 Å². The number of hydrogen-bond donors (Lipinski definition) is 1. The number of amides is 1. The summed E-state index contributed by atoms with van der Waals surface area (Å²) in [5.41, 5.74) is 11.7. The van der Waals surface area contributed by atoms with Crippen LogP contribution in [-0.4, -0.2) is 10.5 Å². The summed E-state index contributed by atoms with van der Waals surface area (Å²) in [6, 6.07) is 38.6. The van der Waals surface area contributed by atoms with Crippen molar-refractivity contribution in [3.8, 4) is 11.1 Å². The number of hydrogen-bond acceptors (Lipinski definition) is 1. The molecule has 3 nitrogen and oxygen atoms in total. The normalized spacial score (nSPS) is 11.4. The van der Waals surface area contributed by atoms with Gasteiger partial charge in [0.15, 0.2) is 0 Å². The Bertz CT molecular complexity index is 1660. The summed E-state index contributed by atoms with van der Waals surface area (Å²) in [6.45, 7) is 0.680. The smallest absolute Gasteiger partial charge is 0.249 e. The molecule has 5 aromatic carbocycles. The minimum atomic E-state index is -0.425. The first-order valence-corrected chi connectivity index (χ1v) is 11.0. The summed E-state index contributed by atoms with van der Waals surface area (Å²) >= 11 is 0. The van der Waals surface area contributed by atoms with Crippen molar-refractivity contribution in [2.75, 3.05) is 0 Å². The SMILES string of the molecule is NC(=O)c1cccc2c1c1[c]cc(-c3ccccc3)cc1n2Cc1ccc2ccccc2c1. The molecule has 1 aromatic heterocycles. The van der Waals surface area contributed by atoms with E-state index in [0.29, 0.717) is 12.1 Å². The van der Waals surface area contributed by atoms with Gasteiger partial charge >= 0.3 is 0 Å². The first-order valence-electron chi connectivity index (χ1n) is 11.0. The van der Waals surface area contributed by atoms with Crippen LogP contribution in [0.5, 0.6) is 0 Å². The summed E-state index contributed by atoms with van der Waals surface area (Å²) < 4.78 is 2.27. The van der Waals surface area contributed by atoms with Gasteiger partial charge in [0.05, 0.1) is 11.0 Å². The van der Waals surface area contributed by atoms with Crippen molar-refractivity contribution < 1.29 is 4.79 Å². The highest BCUT2D eigenvalue weighted by atomic mass is 16.1. The summed E-state index contributed by atoms with van der Waals surface area (Å²) in [7, 11) is 0. The average Bonchev–Trinajstić information content (AvgIpc) is 3.17. The third-order valence-corrected chi connectivity index (χ3v) is 6.32. The van der Waals surface area contributed by atoms with E-state index >= 15 is 0 Å². The second-order valence-electron chi connectivity index (χ2n) is 8.35. The molecule has 0 unspecified atom stereocenters. The van der Waals surface area contributed by atoms with Crippen LogP contribution in [0.1, 0.15) is 15.9 Å². The molecule has 0 bridgehead atoms. The summed E-state index contributed by atoms with van der Waals surface area (Å²) in [4.78, 5) is 12.3. The van der Waals surface area contributed by atoms with Crippen LogP contribution in [0.25, 0.3) is 43.7 Å². The molecule has 2 N–H and O–H groups in total. The van der Waals surface area contributed by atoms with Crippen LogP contribution < -0.4 is 5.73 Å². The lowest BCUT2D eigenvalue weighted by atomic mass is 10.0. The predicted molar refractivity (Wildman–Crippen MR) is 135 cm³/mol. The first kappa shape index (κ1) is 19.3. The summed E-state index contributed by atoms with van der Waals surface area (Å²) in [6.07, 6.45) is 0. The summed E-state index contributed by atoms with van der Waals surface area (Å²) in [5, 5.41) is 4.21. The van der Waals surface area contributed by atoms with Crippen molar-refractivity contribution in [1.82, 2.24) is 4.57 Å². The average molecular weight is 426 g/mol. The molecule has 0 saturated heterocycles. The molecule has 6 rings (SSSR count). The number of primary amides is 1. The van der Waals surface area contributed by atoms with E-state index < -0.39 is 5.91 Å². The lowest BCUT2D eigenvalue weighted by Crippen LogP contribution is -2.11. The van der Waals surface area contributed by atoms with Crippen LogP contribution in [0.3, 0.4) is 0 Å². The Hall–Kier alpha value is -4.37. The maximum Gasteiger partial charge on any atom is 0.249 e. The Morgan fingerprint density at radius 2 is 1.55 bits per heavy atom. The van der Waals surface area contributed by atoms with E-state index in [2.05, 4.69) is 77.4 Å². The highest BCUT2D eigenvalue weighted by Crippen LogP contribution is 2.35. The molecule has 1 amide bonds. The third-order valence-electron chi connectivity index (χ3n) is 6.32. The Labute approximate surface area is 191 Å². The molecule has 0 fully saturated rings. The molecule has 0 aliphatic rings. The highest BCUT2D eigenvalue weighted by molar-refractivity contribution is 6.18. The zero-order valence-electron chi connectivity index (χ0n) is 18.0. The number of nitrogens with zero attached hydrogens (tertiary/aromatic N) is 1. The Morgan fingerprint density at radius 3 is 2.36 bits per heavy atom. The van der Waals surface area contributed by atoms with Crippen molar-refractivity contribution in [2.45, 2.75) is 6.54 Å². The largest absolute Gasteiger partial charge is 0.366 e. The Kier molecular flexibility index (Phi) is 4.48. The Balaban J connectivity index is 1.61. The molecule has 0 aliphatic carbocycles. The number of carbonyl (C=O) groups is 1. The molecular weight excluding hydrogens is 404 g/mol. The molecule has 3 heteroatoms. The Morgan fingerprint density at radius 1 is 0.758 bits per heavy atom. The molecule has 157 valence electrons. The zero-order valence-corrected chi connectivity index (χ0v) is 18.0. The van der Waals surface area contributed by atoms with Gasteiger partial charge in [-0.05, 0) is 63.9 Å². The second kappa shape index (κ2) is 7.64. The minimum absolute atomic E-state index is 0.425. The number of fused-ring (bicyclic) bond motifs is 4. The van der Waals surface area contributed by atoms with Gasteiger partial charge in [0.1, 0.15) is 0 Å². The van der Waals surface area contributed by atoms with Gasteiger partial charge in [0.25, 0.3) is 0 Å². The molecule has 0 spiro atoms. The number of carbonyl (C=O) groups excluding carboxylic acids is 1. The van der Waals surface area contributed by atoms with Gasteiger partial charge in [-0.2, -0.15) is 0 Å². The molecule has 0 atom stereocenters. The van der Waals surface area contributed by atoms with Crippen molar-refractivity contribution in [1.29, 1.82) is 0 Å². The van der Waals surface area contributed by atoms with Crippen molar-refractivity contribution >= 4 is 38.5 Å². The molecule has 6 aromatic rings. The predicted octanol–water partition coefficient (Wildman–Crippen LogP) is 6.56. The zero-order chi connectivity index (χ0) is 22.4. The lowest BCUT2D eigenvalue weighted by Gasteiger charge is -2.10. The standard InChI is InChI=1S/C30H21N2O/c31-30(33)26-11-6-12-27-29(26)25-16-15-24(21-7-2-1-3-8-21)18-28(25)32(27)19-20-13-14-22-9-4-5-10-23(22)17-20/h1-15,17-18H,19H2,(H2,31,33). The molecular formula is C30H21N2O. The van der Waals surface area contributed by atoms with Crippen molar-refractivity contribution in [3.05, 3.63) is 120 Å². The van der Waals surface area contributed by atoms with E-state index in [0.717, 1.165) is 32.9 Å². The maximum absolute atomic E-state index is 12.3. The molecule has 33 heavy (non-hydrogen) atoms. The molecule has 0 saturated carbocycles. The minimum Gasteiger partial charge on any atom is -0.366 e. The van der Waals surface area contributed by atoms with Gasteiger partial charge in [-0.25, -0.2) is 0 Å². The number of nitrogens with two attached hydrogens (primary N) is 1. The number of aromatic nitrogens is 1. The second-order valence-corrected chi connectivity index (χ2v) is 8.35. The fourth-order valence-electron chi connectivity index (χ4n) is 4.75. The van der Waals surface area contributed by atoms with Gasteiger partial charge in [-0.1, -0.05) is 72.8 Å². The van der Waals surface area contributed by atoms with Crippen LogP contribution in [0, 0.1) is 6.07 Å². The molecule has 1 radical (unpaired) electrons. The van der Waals surface area contributed by atoms with Crippen molar-refractivity contribution in [2.24, 2.45) is 5.73 Å². The van der Waals surface area contributed by atoms with Crippen LogP contribution >= 0.6 is 0 Å². The van der Waals surface area contributed by atoms with E-state index in [1.807, 2.05) is 30.3 Å². The van der Waals surface area contributed by atoms with Gasteiger partial charge in [0.2, 0.25) is 5.91 Å². The number of benzene rings is 5. The first-order chi connectivity index (χ1) is 16.2. The highest BCUT2D eigenvalue weighted by Gasteiger charge is 2.17. The van der Waals surface area contributed by atoms with Gasteiger partial charge < -0.3 is 10.3 Å². The van der Waals surface area contributed by atoms with Crippen LogP contribution in [0.2, 0.25) is 0 Å². The maximum atomic E-state index is 12.3. The van der Waals surface area contributed by atoms with Gasteiger partial charge in [0, 0.05) is 22.9 Å².